The molecule has 0 radical (unpaired) electrons. The molecule has 5 heteroatoms. The lowest BCUT2D eigenvalue weighted by Crippen LogP contribution is -2.43. The van der Waals surface area contributed by atoms with Gasteiger partial charge in [0.15, 0.2) is 0 Å². The van der Waals surface area contributed by atoms with Crippen LogP contribution in [0.5, 0.6) is 0 Å². The number of hydrogen-bond donors (Lipinski definition) is 2. The normalized spacial score (nSPS) is 19.0. The van der Waals surface area contributed by atoms with E-state index in [1.165, 1.54) is 0 Å². The van der Waals surface area contributed by atoms with E-state index >= 15 is 0 Å². The number of likely N-dealkylation sites (tertiary alicyclic amines) is 1. The van der Waals surface area contributed by atoms with Gasteiger partial charge >= 0.3 is 6.03 Å². The van der Waals surface area contributed by atoms with Crippen LogP contribution in [0.3, 0.4) is 0 Å². The lowest BCUT2D eigenvalue weighted by atomic mass is 10.2. The number of benzene rings is 1. The van der Waals surface area contributed by atoms with E-state index in [9.17, 15) is 9.90 Å². The number of aliphatic hydroxyl groups is 1. The van der Waals surface area contributed by atoms with E-state index in [2.05, 4.69) is 21.2 Å². The van der Waals surface area contributed by atoms with Crippen LogP contribution >= 0.6 is 15.9 Å². The molecule has 4 nitrogen and oxygen atoms in total. The first-order valence-electron chi connectivity index (χ1n) is 6.10. The van der Waals surface area contributed by atoms with Gasteiger partial charge in [-0.2, -0.15) is 0 Å². The molecule has 2 amide bonds. The Morgan fingerprint density at radius 1 is 1.56 bits per heavy atom. The van der Waals surface area contributed by atoms with E-state index in [-0.39, 0.29) is 18.7 Å². The second-order valence-corrected chi connectivity index (χ2v) is 5.38. The predicted molar refractivity (Wildman–Crippen MR) is 73.2 cm³/mol. The van der Waals surface area contributed by atoms with Crippen LogP contribution in [0.2, 0.25) is 0 Å². The van der Waals surface area contributed by atoms with Crippen molar-refractivity contribution < 1.29 is 9.90 Å². The third-order valence-corrected chi connectivity index (χ3v) is 3.67. The standard InChI is InChI=1S/C13H17BrN2O2/c14-11-4-1-3-10(7-11)8-15-13(18)16-6-2-5-12(16)9-17/h1,3-4,7,12,17H,2,5-6,8-9H2,(H,15,18). The molecule has 2 N–H and O–H groups in total. The quantitative estimate of drug-likeness (QED) is 0.898. The summed E-state index contributed by atoms with van der Waals surface area (Å²) in [7, 11) is 0. The minimum absolute atomic E-state index is 0.0208. The summed E-state index contributed by atoms with van der Waals surface area (Å²) in [5, 5.41) is 12.1. The van der Waals surface area contributed by atoms with Crippen LogP contribution in [0.1, 0.15) is 18.4 Å². The van der Waals surface area contributed by atoms with Gasteiger partial charge in [-0.15, -0.1) is 0 Å². The number of nitrogens with one attached hydrogen (secondary N) is 1. The van der Waals surface area contributed by atoms with Gasteiger partial charge < -0.3 is 15.3 Å². The average molecular weight is 313 g/mol. The monoisotopic (exact) mass is 312 g/mol. The van der Waals surface area contributed by atoms with Crippen molar-refractivity contribution in [1.82, 2.24) is 10.2 Å². The molecular formula is C13H17BrN2O2. The molecule has 1 unspecified atom stereocenters. The number of carbonyl (C=O) groups is 1. The number of hydrogen-bond acceptors (Lipinski definition) is 2. The van der Waals surface area contributed by atoms with Crippen LogP contribution in [0.4, 0.5) is 4.79 Å². The van der Waals surface area contributed by atoms with Crippen molar-refractivity contribution in [3.63, 3.8) is 0 Å². The minimum atomic E-state index is -0.0912. The van der Waals surface area contributed by atoms with Gasteiger partial charge in [0.1, 0.15) is 0 Å². The van der Waals surface area contributed by atoms with E-state index in [0.29, 0.717) is 6.54 Å². The summed E-state index contributed by atoms with van der Waals surface area (Å²) in [6, 6.07) is 7.73. The highest BCUT2D eigenvalue weighted by atomic mass is 79.9. The van der Waals surface area contributed by atoms with Crippen LogP contribution in [0.25, 0.3) is 0 Å². The Bertz CT molecular complexity index is 425. The van der Waals surface area contributed by atoms with Crippen molar-refractivity contribution in [3.05, 3.63) is 34.3 Å². The number of amides is 2. The summed E-state index contributed by atoms with van der Waals surface area (Å²) < 4.78 is 1.00. The zero-order chi connectivity index (χ0) is 13.0. The number of carbonyl (C=O) groups excluding carboxylic acids is 1. The Labute approximate surface area is 115 Å². The van der Waals surface area contributed by atoms with Gasteiger partial charge in [0.05, 0.1) is 12.6 Å². The van der Waals surface area contributed by atoms with Crippen molar-refractivity contribution in [2.45, 2.75) is 25.4 Å². The van der Waals surface area contributed by atoms with Crippen LogP contribution in [-0.2, 0) is 6.54 Å². The highest BCUT2D eigenvalue weighted by Gasteiger charge is 2.27. The number of aliphatic hydroxyl groups excluding tert-OH is 1. The fourth-order valence-electron chi connectivity index (χ4n) is 2.22. The Balaban J connectivity index is 1.88. The van der Waals surface area contributed by atoms with E-state index in [4.69, 9.17) is 0 Å². The molecule has 1 aromatic carbocycles. The van der Waals surface area contributed by atoms with E-state index in [1.54, 1.807) is 4.90 Å². The summed E-state index contributed by atoms with van der Waals surface area (Å²) in [4.78, 5) is 13.7. The maximum atomic E-state index is 12.0. The molecule has 0 bridgehead atoms. The van der Waals surface area contributed by atoms with Crippen molar-refractivity contribution in [1.29, 1.82) is 0 Å². The lowest BCUT2D eigenvalue weighted by Gasteiger charge is -2.23. The van der Waals surface area contributed by atoms with E-state index in [0.717, 1.165) is 29.4 Å². The predicted octanol–water partition coefficient (Wildman–Crippen LogP) is 2.12. The van der Waals surface area contributed by atoms with Crippen molar-refractivity contribution >= 4 is 22.0 Å². The molecule has 1 aliphatic heterocycles. The van der Waals surface area contributed by atoms with Gasteiger partial charge in [0.2, 0.25) is 0 Å². The summed E-state index contributed by atoms with van der Waals surface area (Å²) in [5.74, 6) is 0. The Morgan fingerprint density at radius 3 is 3.11 bits per heavy atom. The number of nitrogens with zero attached hydrogens (tertiary/aromatic N) is 1. The van der Waals surface area contributed by atoms with Gasteiger partial charge in [0, 0.05) is 17.6 Å². The third kappa shape index (κ3) is 3.23. The Morgan fingerprint density at radius 2 is 2.39 bits per heavy atom. The van der Waals surface area contributed by atoms with Crippen LogP contribution < -0.4 is 5.32 Å². The molecule has 1 heterocycles. The summed E-state index contributed by atoms with van der Waals surface area (Å²) in [6.45, 7) is 1.28. The first-order valence-corrected chi connectivity index (χ1v) is 6.90. The zero-order valence-electron chi connectivity index (χ0n) is 10.1. The molecule has 0 aliphatic carbocycles. The van der Waals surface area contributed by atoms with Crippen molar-refractivity contribution in [2.24, 2.45) is 0 Å². The Kier molecular flexibility index (Phi) is 4.60. The molecule has 0 aromatic heterocycles. The number of urea groups is 1. The average Bonchev–Trinajstić information content (AvgIpc) is 2.84. The molecule has 0 spiro atoms. The lowest BCUT2D eigenvalue weighted by molar-refractivity contribution is 0.157. The summed E-state index contributed by atoms with van der Waals surface area (Å²) in [6.07, 6.45) is 1.86. The number of halogens is 1. The zero-order valence-corrected chi connectivity index (χ0v) is 11.7. The van der Waals surface area contributed by atoms with Gasteiger partial charge in [-0.3, -0.25) is 0 Å². The van der Waals surface area contributed by atoms with E-state index in [1.807, 2.05) is 24.3 Å². The minimum Gasteiger partial charge on any atom is -0.394 e. The molecule has 1 fully saturated rings. The van der Waals surface area contributed by atoms with Gasteiger partial charge in [-0.25, -0.2) is 4.79 Å². The molecule has 98 valence electrons. The molecular weight excluding hydrogens is 296 g/mol. The first kappa shape index (κ1) is 13.4. The third-order valence-electron chi connectivity index (χ3n) is 3.18. The largest absolute Gasteiger partial charge is 0.394 e. The highest BCUT2D eigenvalue weighted by Crippen LogP contribution is 2.17. The van der Waals surface area contributed by atoms with Gasteiger partial charge in [-0.1, -0.05) is 28.1 Å². The van der Waals surface area contributed by atoms with Crippen molar-refractivity contribution in [2.75, 3.05) is 13.2 Å². The molecule has 1 aliphatic rings. The SMILES string of the molecule is O=C(NCc1cccc(Br)c1)N1CCCC1CO. The maximum absolute atomic E-state index is 12.0. The molecule has 0 saturated carbocycles. The molecule has 18 heavy (non-hydrogen) atoms. The van der Waals surface area contributed by atoms with Crippen molar-refractivity contribution in [3.8, 4) is 0 Å². The maximum Gasteiger partial charge on any atom is 0.317 e. The second-order valence-electron chi connectivity index (χ2n) is 4.46. The fourth-order valence-corrected chi connectivity index (χ4v) is 2.67. The summed E-state index contributed by atoms with van der Waals surface area (Å²) in [5.41, 5.74) is 1.05. The molecule has 1 atom stereocenters. The Hall–Kier alpha value is -1.07. The molecule has 2 rings (SSSR count). The van der Waals surface area contributed by atoms with Crippen LogP contribution in [0, 0.1) is 0 Å². The van der Waals surface area contributed by atoms with Crippen LogP contribution in [0.15, 0.2) is 28.7 Å². The molecule has 1 saturated heterocycles. The second kappa shape index (κ2) is 6.20. The smallest absolute Gasteiger partial charge is 0.317 e. The first-order chi connectivity index (χ1) is 8.70. The van der Waals surface area contributed by atoms with Gasteiger partial charge in [0.25, 0.3) is 0 Å². The van der Waals surface area contributed by atoms with Gasteiger partial charge in [-0.05, 0) is 30.5 Å². The topological polar surface area (TPSA) is 52.6 Å². The summed E-state index contributed by atoms with van der Waals surface area (Å²) >= 11 is 3.40. The van der Waals surface area contributed by atoms with E-state index < -0.39 is 0 Å². The fraction of sp³-hybridized carbons (Fsp3) is 0.462. The highest BCUT2D eigenvalue weighted by molar-refractivity contribution is 9.10. The van der Waals surface area contributed by atoms with Crippen LogP contribution in [-0.4, -0.2) is 35.2 Å². The molecule has 1 aromatic rings. The number of rotatable bonds is 3.